The highest BCUT2D eigenvalue weighted by atomic mass is 16.4. The van der Waals surface area contributed by atoms with Crippen LogP contribution >= 0.6 is 0 Å². The van der Waals surface area contributed by atoms with Gasteiger partial charge in [-0.05, 0) is 43.3 Å². The summed E-state index contributed by atoms with van der Waals surface area (Å²) in [6.45, 7) is 0. The molecule has 0 spiro atoms. The fraction of sp³-hybridized carbons (Fsp3) is 0.462. The SMILES string of the molecule is O=C(NC1CCC(O)CC1)c1ccc(B(O)O)cc1. The Labute approximate surface area is 112 Å². The molecule has 4 N–H and O–H groups in total. The molecule has 1 saturated carbocycles. The van der Waals surface area contributed by atoms with Gasteiger partial charge >= 0.3 is 7.12 Å². The lowest BCUT2D eigenvalue weighted by molar-refractivity contribution is 0.0867. The lowest BCUT2D eigenvalue weighted by atomic mass is 9.80. The minimum absolute atomic E-state index is 0.110. The van der Waals surface area contributed by atoms with E-state index in [9.17, 15) is 9.90 Å². The first-order valence-electron chi connectivity index (χ1n) is 6.51. The lowest BCUT2D eigenvalue weighted by Crippen LogP contribution is -2.38. The van der Waals surface area contributed by atoms with E-state index < -0.39 is 7.12 Å². The molecule has 0 unspecified atom stereocenters. The molecular weight excluding hydrogens is 245 g/mol. The van der Waals surface area contributed by atoms with Crippen LogP contribution in [-0.4, -0.2) is 40.3 Å². The second-order valence-electron chi connectivity index (χ2n) is 4.97. The molecule has 0 saturated heterocycles. The summed E-state index contributed by atoms with van der Waals surface area (Å²) in [7, 11) is -1.52. The molecule has 19 heavy (non-hydrogen) atoms. The third-order valence-electron chi connectivity index (χ3n) is 3.50. The zero-order valence-corrected chi connectivity index (χ0v) is 10.6. The Hall–Kier alpha value is -1.37. The van der Waals surface area contributed by atoms with Gasteiger partial charge in [0.2, 0.25) is 0 Å². The summed E-state index contributed by atoms with van der Waals surface area (Å²) in [4.78, 5) is 12.0. The van der Waals surface area contributed by atoms with Crippen molar-refractivity contribution in [3.05, 3.63) is 29.8 Å². The minimum atomic E-state index is -1.52. The molecule has 0 aliphatic heterocycles. The van der Waals surface area contributed by atoms with Crippen LogP contribution in [0.1, 0.15) is 36.0 Å². The number of rotatable bonds is 3. The molecule has 0 heterocycles. The van der Waals surface area contributed by atoms with Crippen LogP contribution in [0.5, 0.6) is 0 Å². The summed E-state index contributed by atoms with van der Waals surface area (Å²) in [5, 5.41) is 30.3. The van der Waals surface area contributed by atoms with E-state index in [4.69, 9.17) is 10.0 Å². The van der Waals surface area contributed by atoms with E-state index in [0.29, 0.717) is 11.0 Å². The van der Waals surface area contributed by atoms with E-state index >= 15 is 0 Å². The van der Waals surface area contributed by atoms with Crippen molar-refractivity contribution in [1.82, 2.24) is 5.32 Å². The summed E-state index contributed by atoms with van der Waals surface area (Å²) in [6.07, 6.45) is 2.79. The zero-order valence-electron chi connectivity index (χ0n) is 10.6. The van der Waals surface area contributed by atoms with Crippen LogP contribution in [0.25, 0.3) is 0 Å². The van der Waals surface area contributed by atoms with E-state index in [1.54, 1.807) is 12.1 Å². The zero-order chi connectivity index (χ0) is 13.8. The standard InChI is InChI=1S/C13H18BNO4/c16-12-7-5-11(6-8-12)15-13(17)9-1-3-10(4-2-9)14(18)19/h1-4,11-12,16,18-19H,5-8H2,(H,15,17). The quantitative estimate of drug-likeness (QED) is 0.548. The number of hydrogen-bond donors (Lipinski definition) is 4. The molecule has 5 nitrogen and oxygen atoms in total. The molecular formula is C13H18BNO4. The van der Waals surface area contributed by atoms with Gasteiger partial charge in [-0.25, -0.2) is 0 Å². The summed E-state index contributed by atoms with van der Waals surface area (Å²) in [5.41, 5.74) is 0.855. The molecule has 2 rings (SSSR count). The number of amides is 1. The second-order valence-corrected chi connectivity index (χ2v) is 4.97. The average Bonchev–Trinajstić information content (AvgIpc) is 2.41. The first-order chi connectivity index (χ1) is 9.06. The van der Waals surface area contributed by atoms with Gasteiger partial charge in [0.05, 0.1) is 6.10 Å². The van der Waals surface area contributed by atoms with Gasteiger partial charge in [-0.3, -0.25) is 4.79 Å². The summed E-state index contributed by atoms with van der Waals surface area (Å²) in [5.74, 6) is -0.166. The number of aliphatic hydroxyl groups excluding tert-OH is 1. The maximum absolute atomic E-state index is 12.0. The second kappa shape index (κ2) is 6.19. The van der Waals surface area contributed by atoms with Crippen molar-refractivity contribution >= 4 is 18.5 Å². The molecule has 1 aliphatic carbocycles. The first kappa shape index (κ1) is 14.1. The van der Waals surface area contributed by atoms with Gasteiger partial charge in [-0.15, -0.1) is 0 Å². The van der Waals surface area contributed by atoms with Crippen LogP contribution in [-0.2, 0) is 0 Å². The van der Waals surface area contributed by atoms with Crippen LogP contribution in [0.3, 0.4) is 0 Å². The number of carbonyl (C=O) groups is 1. The normalized spacial score (nSPS) is 22.9. The Morgan fingerprint density at radius 2 is 1.68 bits per heavy atom. The first-order valence-corrected chi connectivity index (χ1v) is 6.51. The number of aliphatic hydroxyl groups is 1. The molecule has 1 fully saturated rings. The van der Waals surface area contributed by atoms with E-state index in [2.05, 4.69) is 5.32 Å². The van der Waals surface area contributed by atoms with E-state index in [-0.39, 0.29) is 18.1 Å². The van der Waals surface area contributed by atoms with Crippen LogP contribution < -0.4 is 10.8 Å². The molecule has 1 aliphatic rings. The summed E-state index contributed by atoms with van der Waals surface area (Å²) >= 11 is 0. The predicted octanol–water partition coefficient (Wildman–Crippen LogP) is -0.600. The largest absolute Gasteiger partial charge is 0.488 e. The monoisotopic (exact) mass is 263 g/mol. The summed E-state index contributed by atoms with van der Waals surface area (Å²) < 4.78 is 0. The third-order valence-corrected chi connectivity index (χ3v) is 3.50. The van der Waals surface area contributed by atoms with Crippen molar-refractivity contribution in [3.63, 3.8) is 0 Å². The third kappa shape index (κ3) is 3.80. The molecule has 102 valence electrons. The average molecular weight is 263 g/mol. The highest BCUT2D eigenvalue weighted by Crippen LogP contribution is 2.18. The van der Waals surface area contributed by atoms with Gasteiger partial charge < -0.3 is 20.5 Å². The Balaban J connectivity index is 1.92. The molecule has 0 radical (unpaired) electrons. The predicted molar refractivity (Wildman–Crippen MR) is 72.0 cm³/mol. The van der Waals surface area contributed by atoms with Gasteiger partial charge in [0.25, 0.3) is 5.91 Å². The van der Waals surface area contributed by atoms with Crippen LogP contribution in [0.15, 0.2) is 24.3 Å². The van der Waals surface area contributed by atoms with Gasteiger partial charge in [0, 0.05) is 11.6 Å². The number of benzene rings is 1. The van der Waals surface area contributed by atoms with Crippen molar-refractivity contribution in [2.75, 3.05) is 0 Å². The van der Waals surface area contributed by atoms with Crippen LogP contribution in [0.4, 0.5) is 0 Å². The van der Waals surface area contributed by atoms with Crippen molar-refractivity contribution in [2.24, 2.45) is 0 Å². The Kier molecular flexibility index (Phi) is 4.58. The molecule has 1 aromatic rings. The number of hydrogen-bond acceptors (Lipinski definition) is 4. The van der Waals surface area contributed by atoms with Gasteiger partial charge in [-0.1, -0.05) is 12.1 Å². The molecule has 1 aromatic carbocycles. The topological polar surface area (TPSA) is 89.8 Å². The lowest BCUT2D eigenvalue weighted by Gasteiger charge is -2.26. The van der Waals surface area contributed by atoms with E-state index in [1.807, 2.05) is 0 Å². The van der Waals surface area contributed by atoms with Crippen molar-refractivity contribution in [1.29, 1.82) is 0 Å². The number of carbonyl (C=O) groups excluding carboxylic acids is 1. The van der Waals surface area contributed by atoms with E-state index in [0.717, 1.165) is 25.7 Å². The molecule has 0 aromatic heterocycles. The van der Waals surface area contributed by atoms with E-state index in [1.165, 1.54) is 12.1 Å². The highest BCUT2D eigenvalue weighted by molar-refractivity contribution is 6.58. The smallest absolute Gasteiger partial charge is 0.423 e. The van der Waals surface area contributed by atoms with Crippen molar-refractivity contribution in [2.45, 2.75) is 37.8 Å². The van der Waals surface area contributed by atoms with Crippen LogP contribution in [0, 0.1) is 0 Å². The Bertz CT molecular complexity index is 427. The summed E-state index contributed by atoms with van der Waals surface area (Å²) in [6, 6.07) is 6.29. The molecule has 0 bridgehead atoms. The molecule has 1 amide bonds. The maximum atomic E-state index is 12.0. The fourth-order valence-electron chi connectivity index (χ4n) is 2.30. The Morgan fingerprint density at radius 1 is 1.11 bits per heavy atom. The van der Waals surface area contributed by atoms with Crippen molar-refractivity contribution < 1.29 is 19.9 Å². The molecule has 0 atom stereocenters. The molecule has 6 heteroatoms. The van der Waals surface area contributed by atoms with Crippen molar-refractivity contribution in [3.8, 4) is 0 Å². The number of nitrogens with one attached hydrogen (secondary N) is 1. The maximum Gasteiger partial charge on any atom is 0.488 e. The van der Waals surface area contributed by atoms with Gasteiger partial charge in [0.15, 0.2) is 0 Å². The van der Waals surface area contributed by atoms with Crippen LogP contribution in [0.2, 0.25) is 0 Å². The minimum Gasteiger partial charge on any atom is -0.423 e. The highest BCUT2D eigenvalue weighted by Gasteiger charge is 2.21. The van der Waals surface area contributed by atoms with Gasteiger partial charge in [-0.2, -0.15) is 0 Å². The Morgan fingerprint density at radius 3 is 2.21 bits per heavy atom. The van der Waals surface area contributed by atoms with Gasteiger partial charge in [0.1, 0.15) is 0 Å². The fourth-order valence-corrected chi connectivity index (χ4v) is 2.30.